The lowest BCUT2D eigenvalue weighted by atomic mass is 10.0. The van der Waals surface area contributed by atoms with E-state index in [4.69, 9.17) is 15.6 Å². The molecule has 1 heterocycles. The molecule has 1 aromatic carbocycles. The molecule has 5 N–H and O–H groups in total. The van der Waals surface area contributed by atoms with Crippen LogP contribution in [0.15, 0.2) is 30.3 Å². The molecule has 1 aromatic rings. The number of nitrogens with two attached hydrogens (primary N) is 1. The van der Waals surface area contributed by atoms with E-state index in [0.717, 1.165) is 24.9 Å². The molecule has 1 aliphatic heterocycles. The number of carboxylic acids is 1. The van der Waals surface area contributed by atoms with E-state index in [1.165, 1.54) is 0 Å². The fraction of sp³-hybridized carbons (Fsp3) is 0.438. The molecule has 0 aliphatic carbocycles. The summed E-state index contributed by atoms with van der Waals surface area (Å²) in [6.07, 6.45) is -2.87. The number of primary amides is 1. The van der Waals surface area contributed by atoms with Crippen molar-refractivity contribution < 1.29 is 32.7 Å². The molecule has 0 aromatic heterocycles. The van der Waals surface area contributed by atoms with Gasteiger partial charge in [0, 0.05) is 6.42 Å². The summed E-state index contributed by atoms with van der Waals surface area (Å²) in [5, 5.41) is 13.0. The number of benzene rings is 1. The first-order chi connectivity index (χ1) is 12.1. The third-order valence-electron chi connectivity index (χ3n) is 3.56. The molecule has 2 atom stereocenters. The number of aliphatic carboxylic acids is 1. The fourth-order valence-electron chi connectivity index (χ4n) is 2.25. The molecule has 0 saturated carbocycles. The summed E-state index contributed by atoms with van der Waals surface area (Å²) >= 11 is 0. The minimum Gasteiger partial charge on any atom is -0.475 e. The highest BCUT2D eigenvalue weighted by Gasteiger charge is 2.38. The molecular formula is C16H20F3N3O4. The van der Waals surface area contributed by atoms with Gasteiger partial charge in [-0.3, -0.25) is 9.59 Å². The van der Waals surface area contributed by atoms with Crippen LogP contribution in [0.2, 0.25) is 0 Å². The Balaban J connectivity index is 0.000000412. The van der Waals surface area contributed by atoms with E-state index < -0.39 is 24.1 Å². The Morgan fingerprint density at radius 1 is 1.27 bits per heavy atom. The smallest absolute Gasteiger partial charge is 0.475 e. The quantitative estimate of drug-likeness (QED) is 0.600. The second kappa shape index (κ2) is 9.76. The largest absolute Gasteiger partial charge is 0.490 e. The van der Waals surface area contributed by atoms with Crippen LogP contribution in [0.5, 0.6) is 0 Å². The number of hydrogen-bond acceptors (Lipinski definition) is 4. The lowest BCUT2D eigenvalue weighted by Gasteiger charge is -2.18. The highest BCUT2D eigenvalue weighted by molar-refractivity contribution is 5.89. The van der Waals surface area contributed by atoms with Crippen LogP contribution in [0.25, 0.3) is 0 Å². The number of nitrogens with one attached hydrogen (secondary N) is 2. The molecule has 1 saturated heterocycles. The summed E-state index contributed by atoms with van der Waals surface area (Å²) < 4.78 is 31.7. The van der Waals surface area contributed by atoms with Crippen molar-refractivity contribution in [1.82, 2.24) is 10.6 Å². The van der Waals surface area contributed by atoms with Gasteiger partial charge in [-0.2, -0.15) is 13.2 Å². The van der Waals surface area contributed by atoms with Crippen LogP contribution in [-0.2, 0) is 20.8 Å². The van der Waals surface area contributed by atoms with E-state index in [1.807, 2.05) is 30.3 Å². The summed E-state index contributed by atoms with van der Waals surface area (Å²) in [5.41, 5.74) is 6.34. The van der Waals surface area contributed by atoms with Gasteiger partial charge in [-0.1, -0.05) is 30.3 Å². The van der Waals surface area contributed by atoms with Gasteiger partial charge >= 0.3 is 12.1 Å². The Bertz CT molecular complexity index is 617. The highest BCUT2D eigenvalue weighted by Crippen LogP contribution is 2.13. The molecule has 2 rings (SSSR count). The molecule has 1 aliphatic rings. The van der Waals surface area contributed by atoms with Crippen LogP contribution in [0.4, 0.5) is 13.2 Å². The van der Waals surface area contributed by atoms with E-state index in [-0.39, 0.29) is 11.9 Å². The SMILES string of the molecule is NC(=O)[C@@H](Cc1ccccc1)NC(=O)[C@@H]1CCCN1.O=C(O)C(F)(F)F. The molecule has 0 radical (unpaired) electrons. The molecule has 144 valence electrons. The van der Waals surface area contributed by atoms with Gasteiger partial charge in [0.2, 0.25) is 11.8 Å². The van der Waals surface area contributed by atoms with Crippen molar-refractivity contribution in [2.75, 3.05) is 6.54 Å². The van der Waals surface area contributed by atoms with Gasteiger partial charge < -0.3 is 21.5 Å². The van der Waals surface area contributed by atoms with Crippen LogP contribution >= 0.6 is 0 Å². The Kier molecular flexibility index (Phi) is 8.04. The lowest BCUT2D eigenvalue weighted by molar-refractivity contribution is -0.192. The molecule has 2 amide bonds. The van der Waals surface area contributed by atoms with Gasteiger partial charge in [0.15, 0.2) is 0 Å². The molecular weight excluding hydrogens is 355 g/mol. The average Bonchev–Trinajstić information content (AvgIpc) is 3.09. The number of amides is 2. The van der Waals surface area contributed by atoms with Crippen molar-refractivity contribution in [3.63, 3.8) is 0 Å². The van der Waals surface area contributed by atoms with E-state index >= 15 is 0 Å². The van der Waals surface area contributed by atoms with Crippen molar-refractivity contribution in [1.29, 1.82) is 0 Å². The zero-order valence-corrected chi connectivity index (χ0v) is 13.8. The van der Waals surface area contributed by atoms with Gasteiger partial charge in [-0.05, 0) is 24.9 Å². The normalized spacial score (nSPS) is 17.6. The van der Waals surface area contributed by atoms with Crippen molar-refractivity contribution in [2.24, 2.45) is 5.73 Å². The standard InChI is InChI=1S/C14H19N3O2.C2HF3O2/c15-13(18)12(9-10-5-2-1-3-6-10)17-14(19)11-7-4-8-16-11;3-2(4,5)1(6)7/h1-3,5-6,11-12,16H,4,7-9H2,(H2,15,18)(H,17,19);(H,6,7)/t11-,12+;/m0./s1. The topological polar surface area (TPSA) is 122 Å². The van der Waals surface area contributed by atoms with Crippen LogP contribution in [0, 0.1) is 0 Å². The van der Waals surface area contributed by atoms with Crippen molar-refractivity contribution in [3.8, 4) is 0 Å². The summed E-state index contributed by atoms with van der Waals surface area (Å²) in [4.78, 5) is 32.3. The van der Waals surface area contributed by atoms with Gasteiger partial charge in [0.05, 0.1) is 6.04 Å². The maximum Gasteiger partial charge on any atom is 0.490 e. The Labute approximate surface area is 147 Å². The molecule has 1 fully saturated rings. The Morgan fingerprint density at radius 3 is 2.27 bits per heavy atom. The summed E-state index contributed by atoms with van der Waals surface area (Å²) in [7, 11) is 0. The minimum absolute atomic E-state index is 0.141. The molecule has 7 nitrogen and oxygen atoms in total. The number of carbonyl (C=O) groups is 3. The van der Waals surface area contributed by atoms with Gasteiger partial charge in [-0.15, -0.1) is 0 Å². The van der Waals surface area contributed by atoms with Crippen molar-refractivity contribution in [2.45, 2.75) is 37.5 Å². The van der Waals surface area contributed by atoms with E-state index in [0.29, 0.717) is 6.42 Å². The highest BCUT2D eigenvalue weighted by atomic mass is 19.4. The van der Waals surface area contributed by atoms with E-state index in [1.54, 1.807) is 0 Å². The number of hydrogen-bond donors (Lipinski definition) is 4. The number of alkyl halides is 3. The second-order valence-corrected chi connectivity index (χ2v) is 5.61. The monoisotopic (exact) mass is 375 g/mol. The Hall–Kier alpha value is -2.62. The lowest BCUT2D eigenvalue weighted by Crippen LogP contribution is -2.51. The predicted octanol–water partition coefficient (Wildman–Crippen LogP) is 0.584. The third kappa shape index (κ3) is 7.51. The predicted molar refractivity (Wildman–Crippen MR) is 86.0 cm³/mol. The zero-order valence-electron chi connectivity index (χ0n) is 13.8. The Morgan fingerprint density at radius 2 is 1.85 bits per heavy atom. The van der Waals surface area contributed by atoms with E-state index in [2.05, 4.69) is 10.6 Å². The zero-order chi connectivity index (χ0) is 19.7. The van der Waals surface area contributed by atoms with Gasteiger partial charge in [-0.25, -0.2) is 4.79 Å². The molecule has 0 bridgehead atoms. The first-order valence-electron chi connectivity index (χ1n) is 7.78. The van der Waals surface area contributed by atoms with Crippen molar-refractivity contribution >= 4 is 17.8 Å². The average molecular weight is 375 g/mol. The number of carbonyl (C=O) groups excluding carboxylic acids is 2. The first-order valence-corrected chi connectivity index (χ1v) is 7.78. The third-order valence-corrected chi connectivity index (χ3v) is 3.56. The molecule has 26 heavy (non-hydrogen) atoms. The minimum atomic E-state index is -5.08. The molecule has 0 unspecified atom stereocenters. The second-order valence-electron chi connectivity index (χ2n) is 5.61. The summed E-state index contributed by atoms with van der Waals surface area (Å²) in [6.45, 7) is 0.845. The number of halogens is 3. The van der Waals surface area contributed by atoms with Crippen LogP contribution < -0.4 is 16.4 Å². The molecule has 10 heteroatoms. The van der Waals surface area contributed by atoms with Gasteiger partial charge in [0.25, 0.3) is 0 Å². The maximum absolute atomic E-state index is 12.0. The molecule has 0 spiro atoms. The van der Waals surface area contributed by atoms with Crippen LogP contribution in [0.1, 0.15) is 18.4 Å². The van der Waals surface area contributed by atoms with E-state index in [9.17, 15) is 22.8 Å². The summed E-state index contributed by atoms with van der Waals surface area (Å²) in [6, 6.07) is 8.67. The maximum atomic E-state index is 12.0. The van der Waals surface area contributed by atoms with Gasteiger partial charge in [0.1, 0.15) is 6.04 Å². The van der Waals surface area contributed by atoms with Crippen LogP contribution in [0.3, 0.4) is 0 Å². The fourth-order valence-corrected chi connectivity index (χ4v) is 2.25. The van der Waals surface area contributed by atoms with Crippen molar-refractivity contribution in [3.05, 3.63) is 35.9 Å². The van der Waals surface area contributed by atoms with Crippen LogP contribution in [-0.4, -0.2) is 47.7 Å². The number of rotatable bonds is 5. The number of carboxylic acid groups (broad SMARTS) is 1. The summed E-state index contributed by atoms with van der Waals surface area (Å²) in [5.74, 6) is -3.40. The first kappa shape index (κ1) is 21.4.